The van der Waals surface area contributed by atoms with Gasteiger partial charge in [0.25, 0.3) is 0 Å². The third kappa shape index (κ3) is 40.4. The van der Waals surface area contributed by atoms with Crippen molar-refractivity contribution in [3.05, 3.63) is 60.8 Å². The predicted octanol–water partition coefficient (Wildman–Crippen LogP) is 14.0. The number of carbonyl (C=O) groups excluding carboxylic acids is 2. The number of hydrogen-bond acceptors (Lipinski definition) is 5. The Bertz CT molecular complexity index is 915. The standard InChI is InChI=1S/C47H82O5/c1-3-5-7-9-11-13-15-17-19-21-22-23-24-26-27-29-31-33-35-37-39-41-46(49)51-44-45(43-48)52-47(50)42-40-38-36-34-32-30-28-25-20-18-16-14-12-10-8-6-4-2/h6,8,12,14,17-20,28,30,45,48H,3-5,7,9-11,13,15-16,21-27,29,31-44H2,1-2H3. The van der Waals surface area contributed by atoms with Crippen molar-refractivity contribution in [1.82, 2.24) is 0 Å². The number of aliphatic hydroxyl groups excluding tert-OH is 1. The minimum absolute atomic E-state index is 0.0775. The summed E-state index contributed by atoms with van der Waals surface area (Å²) in [5.74, 6) is -0.619. The van der Waals surface area contributed by atoms with Gasteiger partial charge in [-0.1, -0.05) is 177 Å². The van der Waals surface area contributed by atoms with Crippen molar-refractivity contribution in [2.24, 2.45) is 0 Å². The SMILES string of the molecule is CCC=CCC=CCC=CCC=CCCCCCCC(=O)OC(CO)COC(=O)CCCCCCCCCCCCCC=CCCCCCCCC. The summed E-state index contributed by atoms with van der Waals surface area (Å²) in [5, 5.41) is 9.58. The van der Waals surface area contributed by atoms with E-state index in [4.69, 9.17) is 9.47 Å². The van der Waals surface area contributed by atoms with Crippen LogP contribution in [0, 0.1) is 0 Å². The minimum Gasteiger partial charge on any atom is -0.462 e. The van der Waals surface area contributed by atoms with E-state index in [-0.39, 0.29) is 25.2 Å². The molecule has 1 N–H and O–H groups in total. The molecule has 0 aromatic heterocycles. The molecule has 1 unspecified atom stereocenters. The Balaban J connectivity index is 3.56. The van der Waals surface area contributed by atoms with Crippen LogP contribution < -0.4 is 0 Å². The van der Waals surface area contributed by atoms with Gasteiger partial charge in [0.15, 0.2) is 6.10 Å². The first-order valence-electron chi connectivity index (χ1n) is 21.8. The molecule has 5 heteroatoms. The zero-order valence-electron chi connectivity index (χ0n) is 34.1. The molecule has 0 saturated carbocycles. The predicted molar refractivity (Wildman–Crippen MR) is 223 cm³/mol. The first kappa shape index (κ1) is 49.6. The Morgan fingerprint density at radius 3 is 1.27 bits per heavy atom. The first-order chi connectivity index (χ1) is 25.6. The third-order valence-corrected chi connectivity index (χ3v) is 9.30. The number of ether oxygens (including phenoxy) is 2. The summed E-state index contributed by atoms with van der Waals surface area (Å²) in [5.41, 5.74) is 0. The van der Waals surface area contributed by atoms with Gasteiger partial charge in [0.05, 0.1) is 6.61 Å². The molecule has 5 nitrogen and oxygen atoms in total. The monoisotopic (exact) mass is 727 g/mol. The van der Waals surface area contributed by atoms with E-state index in [1.807, 2.05) is 0 Å². The molecule has 0 spiro atoms. The van der Waals surface area contributed by atoms with Gasteiger partial charge in [-0.3, -0.25) is 9.59 Å². The quantitative estimate of drug-likeness (QED) is 0.0388. The lowest BCUT2D eigenvalue weighted by Crippen LogP contribution is -2.28. The van der Waals surface area contributed by atoms with Crippen molar-refractivity contribution >= 4 is 11.9 Å². The van der Waals surface area contributed by atoms with Crippen molar-refractivity contribution < 1.29 is 24.2 Å². The van der Waals surface area contributed by atoms with Crippen LogP contribution in [0.15, 0.2) is 60.8 Å². The number of esters is 2. The van der Waals surface area contributed by atoms with Crippen LogP contribution in [0.5, 0.6) is 0 Å². The number of aliphatic hydroxyl groups is 1. The lowest BCUT2D eigenvalue weighted by atomic mass is 10.0. The van der Waals surface area contributed by atoms with Gasteiger partial charge < -0.3 is 14.6 Å². The third-order valence-electron chi connectivity index (χ3n) is 9.30. The van der Waals surface area contributed by atoms with Crippen LogP contribution in [0.1, 0.15) is 206 Å². The molecule has 0 aromatic rings. The summed E-state index contributed by atoms with van der Waals surface area (Å²) in [6.45, 7) is 4.00. The fourth-order valence-corrected chi connectivity index (χ4v) is 6.01. The van der Waals surface area contributed by atoms with E-state index in [1.54, 1.807) is 0 Å². The molecule has 0 amide bonds. The summed E-state index contributed by atoms with van der Waals surface area (Å²) in [7, 11) is 0. The number of hydrogen-bond donors (Lipinski definition) is 1. The Morgan fingerprint density at radius 2 is 0.827 bits per heavy atom. The smallest absolute Gasteiger partial charge is 0.306 e. The van der Waals surface area contributed by atoms with Crippen LogP contribution in [0.4, 0.5) is 0 Å². The van der Waals surface area contributed by atoms with Gasteiger partial charge in [0.2, 0.25) is 0 Å². The largest absolute Gasteiger partial charge is 0.462 e. The van der Waals surface area contributed by atoms with Gasteiger partial charge in [-0.15, -0.1) is 0 Å². The van der Waals surface area contributed by atoms with E-state index in [0.29, 0.717) is 12.8 Å². The van der Waals surface area contributed by atoms with E-state index in [0.717, 1.165) is 77.0 Å². The summed E-state index contributed by atoms with van der Waals surface area (Å²) < 4.78 is 10.6. The topological polar surface area (TPSA) is 72.8 Å². The van der Waals surface area contributed by atoms with Gasteiger partial charge in [-0.2, -0.15) is 0 Å². The van der Waals surface area contributed by atoms with E-state index < -0.39 is 6.10 Å². The zero-order valence-corrected chi connectivity index (χ0v) is 34.1. The molecule has 0 rings (SSSR count). The molecule has 0 aliphatic heterocycles. The maximum Gasteiger partial charge on any atom is 0.306 e. The van der Waals surface area contributed by atoms with E-state index in [2.05, 4.69) is 74.6 Å². The van der Waals surface area contributed by atoms with Gasteiger partial charge in [0, 0.05) is 12.8 Å². The molecule has 0 bridgehead atoms. The van der Waals surface area contributed by atoms with Crippen LogP contribution in [0.2, 0.25) is 0 Å². The molecular formula is C47H82O5. The molecule has 0 aliphatic rings. The lowest BCUT2D eigenvalue weighted by Gasteiger charge is -2.15. The van der Waals surface area contributed by atoms with Gasteiger partial charge in [-0.05, 0) is 77.0 Å². The fraction of sp³-hybridized carbons (Fsp3) is 0.745. The molecule has 0 radical (unpaired) electrons. The number of allylic oxidation sites excluding steroid dienone is 10. The highest BCUT2D eigenvalue weighted by molar-refractivity contribution is 5.70. The Kier molecular flexibility index (Phi) is 41.0. The van der Waals surface area contributed by atoms with Crippen molar-refractivity contribution in [1.29, 1.82) is 0 Å². The highest BCUT2D eigenvalue weighted by atomic mass is 16.6. The maximum atomic E-state index is 12.2. The van der Waals surface area contributed by atoms with Crippen LogP contribution in [-0.4, -0.2) is 36.4 Å². The number of carbonyl (C=O) groups is 2. The van der Waals surface area contributed by atoms with E-state index in [1.165, 1.54) is 103 Å². The highest BCUT2D eigenvalue weighted by Crippen LogP contribution is 2.14. The van der Waals surface area contributed by atoms with Gasteiger partial charge >= 0.3 is 11.9 Å². The summed E-state index contributed by atoms with van der Waals surface area (Å²) in [6, 6.07) is 0. The van der Waals surface area contributed by atoms with Crippen molar-refractivity contribution in [3.8, 4) is 0 Å². The first-order valence-corrected chi connectivity index (χ1v) is 21.8. The van der Waals surface area contributed by atoms with Crippen molar-refractivity contribution in [3.63, 3.8) is 0 Å². The molecule has 0 saturated heterocycles. The van der Waals surface area contributed by atoms with Crippen molar-refractivity contribution in [2.75, 3.05) is 13.2 Å². The Labute approximate surface area is 321 Å². The second-order valence-electron chi connectivity index (χ2n) is 14.4. The lowest BCUT2D eigenvalue weighted by molar-refractivity contribution is -0.161. The highest BCUT2D eigenvalue weighted by Gasteiger charge is 2.16. The van der Waals surface area contributed by atoms with Crippen molar-refractivity contribution in [2.45, 2.75) is 213 Å². The molecule has 300 valence electrons. The van der Waals surface area contributed by atoms with Crippen LogP contribution in [0.25, 0.3) is 0 Å². The van der Waals surface area contributed by atoms with Gasteiger partial charge in [-0.25, -0.2) is 0 Å². The molecule has 52 heavy (non-hydrogen) atoms. The summed E-state index contributed by atoms with van der Waals surface area (Å²) in [4.78, 5) is 24.3. The fourth-order valence-electron chi connectivity index (χ4n) is 6.01. The van der Waals surface area contributed by atoms with Crippen LogP contribution in [0.3, 0.4) is 0 Å². The Morgan fingerprint density at radius 1 is 0.462 bits per heavy atom. The summed E-state index contributed by atoms with van der Waals surface area (Å²) in [6.07, 6.45) is 55.8. The zero-order chi connectivity index (χ0) is 37.8. The second-order valence-corrected chi connectivity index (χ2v) is 14.4. The normalized spacial score (nSPS) is 12.8. The maximum absolute atomic E-state index is 12.2. The molecular weight excluding hydrogens is 645 g/mol. The molecule has 1 atom stereocenters. The van der Waals surface area contributed by atoms with Crippen LogP contribution in [-0.2, 0) is 19.1 Å². The Hall–Kier alpha value is -2.40. The number of unbranched alkanes of at least 4 members (excludes halogenated alkanes) is 21. The summed E-state index contributed by atoms with van der Waals surface area (Å²) >= 11 is 0. The average molecular weight is 727 g/mol. The second kappa shape index (κ2) is 43.0. The molecule has 0 aromatic carbocycles. The molecule has 0 fully saturated rings. The van der Waals surface area contributed by atoms with E-state index >= 15 is 0 Å². The van der Waals surface area contributed by atoms with Crippen LogP contribution >= 0.6 is 0 Å². The van der Waals surface area contributed by atoms with E-state index in [9.17, 15) is 14.7 Å². The molecule has 0 heterocycles. The minimum atomic E-state index is -0.786. The van der Waals surface area contributed by atoms with Gasteiger partial charge in [0.1, 0.15) is 6.61 Å². The number of rotatable bonds is 39. The average Bonchev–Trinajstić information content (AvgIpc) is 3.15. The molecule has 0 aliphatic carbocycles.